The molecule has 76 valence electrons. The zero-order valence-electron chi connectivity index (χ0n) is 7.68. The predicted molar refractivity (Wildman–Crippen MR) is 53.1 cm³/mol. The van der Waals surface area contributed by atoms with E-state index in [0.29, 0.717) is 6.04 Å². The predicted octanol–water partition coefficient (Wildman–Crippen LogP) is 0.496. The van der Waals surface area contributed by atoms with Gasteiger partial charge < -0.3 is 5.32 Å². The molecule has 0 unspecified atom stereocenters. The zero-order valence-corrected chi connectivity index (χ0v) is 8.50. The summed E-state index contributed by atoms with van der Waals surface area (Å²) in [6.07, 6.45) is 3.77. The fourth-order valence-electron chi connectivity index (χ4n) is 1.57. The minimum absolute atomic E-state index is 0. The maximum absolute atomic E-state index is 8.55. The first-order valence-corrected chi connectivity index (χ1v) is 4.42. The topological polar surface area (TPSA) is 66.5 Å². The highest BCUT2D eigenvalue weighted by Crippen LogP contribution is 2.16. The van der Waals surface area contributed by atoms with Crippen molar-refractivity contribution in [3.63, 3.8) is 0 Å². The Morgan fingerprint density at radius 1 is 1.50 bits per heavy atom. The normalized spacial score (nSPS) is 17.1. The van der Waals surface area contributed by atoms with Crippen molar-refractivity contribution in [2.45, 2.75) is 18.9 Å². The number of nitrogens with zero attached hydrogens (tertiary/aromatic N) is 4. The molecule has 0 bridgehead atoms. The first kappa shape index (κ1) is 11.0. The number of nitriles is 1. The molecule has 1 saturated heterocycles. The molecule has 0 radical (unpaired) electrons. The highest BCUT2D eigenvalue weighted by Gasteiger charge is 2.15. The van der Waals surface area contributed by atoms with Crippen LogP contribution in [0, 0.1) is 11.3 Å². The highest BCUT2D eigenvalue weighted by atomic mass is 35.5. The number of aromatic nitrogens is 3. The molecule has 0 spiro atoms. The first-order valence-electron chi connectivity index (χ1n) is 4.42. The van der Waals surface area contributed by atoms with Gasteiger partial charge in [0.25, 0.3) is 5.82 Å². The van der Waals surface area contributed by atoms with Crippen LogP contribution in [0.15, 0.2) is 6.33 Å². The van der Waals surface area contributed by atoms with E-state index in [0.717, 1.165) is 25.9 Å². The van der Waals surface area contributed by atoms with E-state index in [4.69, 9.17) is 5.26 Å². The smallest absolute Gasteiger partial charge is 0.252 e. The molecule has 1 aliphatic rings. The standard InChI is InChI=1S/C8H11N5.ClH/c9-5-8-11-6-13(12-8)7-1-3-10-4-2-7;/h6-7,10H,1-4H2;1H. The number of hydrogen-bond acceptors (Lipinski definition) is 4. The van der Waals surface area contributed by atoms with E-state index in [2.05, 4.69) is 15.4 Å². The van der Waals surface area contributed by atoms with Gasteiger partial charge in [0.1, 0.15) is 12.4 Å². The van der Waals surface area contributed by atoms with Crippen LogP contribution in [0.1, 0.15) is 24.7 Å². The number of rotatable bonds is 1. The van der Waals surface area contributed by atoms with E-state index in [-0.39, 0.29) is 18.2 Å². The van der Waals surface area contributed by atoms with Crippen LogP contribution in [-0.4, -0.2) is 27.9 Å². The fourth-order valence-corrected chi connectivity index (χ4v) is 1.57. The average Bonchev–Trinajstić information content (AvgIpc) is 2.67. The Morgan fingerprint density at radius 3 is 2.79 bits per heavy atom. The molecule has 6 heteroatoms. The van der Waals surface area contributed by atoms with Gasteiger partial charge in [0.15, 0.2) is 0 Å². The Bertz CT molecular complexity index is 323. The van der Waals surface area contributed by atoms with Crippen LogP contribution in [0.2, 0.25) is 0 Å². The minimum atomic E-state index is 0. The summed E-state index contributed by atoms with van der Waals surface area (Å²) < 4.78 is 1.80. The molecule has 5 nitrogen and oxygen atoms in total. The van der Waals surface area contributed by atoms with Gasteiger partial charge in [-0.15, -0.1) is 17.5 Å². The van der Waals surface area contributed by atoms with Gasteiger partial charge in [-0.05, 0) is 25.9 Å². The first-order chi connectivity index (χ1) is 6.40. The third kappa shape index (κ3) is 2.22. The third-order valence-corrected chi connectivity index (χ3v) is 2.29. The van der Waals surface area contributed by atoms with Gasteiger partial charge in [-0.3, -0.25) is 0 Å². The lowest BCUT2D eigenvalue weighted by Gasteiger charge is -2.22. The summed E-state index contributed by atoms with van der Waals surface area (Å²) >= 11 is 0. The summed E-state index contributed by atoms with van der Waals surface area (Å²) in [4.78, 5) is 3.88. The van der Waals surface area contributed by atoms with Gasteiger partial charge in [-0.1, -0.05) is 0 Å². The Hall–Kier alpha value is -1.12. The molecule has 1 fully saturated rings. The lowest BCUT2D eigenvalue weighted by atomic mass is 10.1. The summed E-state index contributed by atoms with van der Waals surface area (Å²) in [6, 6.07) is 2.34. The molecule has 0 saturated carbocycles. The molecule has 14 heavy (non-hydrogen) atoms. The second kappa shape index (κ2) is 4.94. The van der Waals surface area contributed by atoms with Crippen molar-refractivity contribution in [3.8, 4) is 6.07 Å². The quantitative estimate of drug-likeness (QED) is 0.738. The van der Waals surface area contributed by atoms with Crippen molar-refractivity contribution in [2.24, 2.45) is 0 Å². The SMILES string of the molecule is Cl.N#Cc1ncn(C2CCNCC2)n1. The molecule has 2 heterocycles. The molecular weight excluding hydrogens is 202 g/mol. The molecule has 0 aromatic carbocycles. The second-order valence-electron chi connectivity index (χ2n) is 3.14. The van der Waals surface area contributed by atoms with Crippen LogP contribution in [0.3, 0.4) is 0 Å². The van der Waals surface area contributed by atoms with Gasteiger partial charge in [0, 0.05) is 0 Å². The fraction of sp³-hybridized carbons (Fsp3) is 0.625. The number of piperidine rings is 1. The van der Waals surface area contributed by atoms with Gasteiger partial charge in [0.05, 0.1) is 6.04 Å². The molecule has 0 atom stereocenters. The lowest BCUT2D eigenvalue weighted by Crippen LogP contribution is -2.29. The summed E-state index contributed by atoms with van der Waals surface area (Å²) in [5.41, 5.74) is 0. The van der Waals surface area contributed by atoms with Crippen molar-refractivity contribution in [3.05, 3.63) is 12.2 Å². The van der Waals surface area contributed by atoms with E-state index in [1.165, 1.54) is 0 Å². The molecule has 0 amide bonds. The molecule has 1 aromatic heterocycles. The Morgan fingerprint density at radius 2 is 2.21 bits per heavy atom. The van der Waals surface area contributed by atoms with Crippen LogP contribution in [0.5, 0.6) is 0 Å². The Labute approximate surface area is 88.5 Å². The van der Waals surface area contributed by atoms with Crippen LogP contribution >= 0.6 is 12.4 Å². The maximum atomic E-state index is 8.55. The van der Waals surface area contributed by atoms with Gasteiger partial charge in [-0.25, -0.2) is 9.67 Å². The Balaban J connectivity index is 0.000000980. The monoisotopic (exact) mass is 213 g/mol. The van der Waals surface area contributed by atoms with Crippen molar-refractivity contribution in [1.82, 2.24) is 20.1 Å². The molecule has 2 rings (SSSR count). The third-order valence-electron chi connectivity index (χ3n) is 2.29. The van der Waals surface area contributed by atoms with Crippen molar-refractivity contribution < 1.29 is 0 Å². The molecule has 1 N–H and O–H groups in total. The lowest BCUT2D eigenvalue weighted by molar-refractivity contribution is 0.342. The van der Waals surface area contributed by atoms with Crippen LogP contribution < -0.4 is 5.32 Å². The van der Waals surface area contributed by atoms with Gasteiger partial charge in [0.2, 0.25) is 0 Å². The van der Waals surface area contributed by atoms with Crippen molar-refractivity contribution in [2.75, 3.05) is 13.1 Å². The molecule has 0 aliphatic carbocycles. The van der Waals surface area contributed by atoms with E-state index in [1.807, 2.05) is 6.07 Å². The van der Waals surface area contributed by atoms with Crippen LogP contribution in [0.25, 0.3) is 0 Å². The average molecular weight is 214 g/mol. The van der Waals surface area contributed by atoms with Gasteiger partial charge in [-0.2, -0.15) is 5.26 Å². The molecule has 1 aliphatic heterocycles. The van der Waals surface area contributed by atoms with E-state index < -0.39 is 0 Å². The Kier molecular flexibility index (Phi) is 3.86. The summed E-state index contributed by atoms with van der Waals surface area (Å²) in [7, 11) is 0. The number of hydrogen-bond donors (Lipinski definition) is 1. The maximum Gasteiger partial charge on any atom is 0.252 e. The largest absolute Gasteiger partial charge is 0.317 e. The molecular formula is C8H12ClN5. The minimum Gasteiger partial charge on any atom is -0.317 e. The van der Waals surface area contributed by atoms with E-state index >= 15 is 0 Å². The summed E-state index contributed by atoms with van der Waals surface area (Å²) in [5.74, 6) is 0.263. The van der Waals surface area contributed by atoms with Crippen LogP contribution in [0.4, 0.5) is 0 Å². The van der Waals surface area contributed by atoms with E-state index in [9.17, 15) is 0 Å². The van der Waals surface area contributed by atoms with Crippen LogP contribution in [-0.2, 0) is 0 Å². The molecule has 1 aromatic rings. The van der Waals surface area contributed by atoms with Crippen molar-refractivity contribution >= 4 is 12.4 Å². The second-order valence-corrected chi connectivity index (χ2v) is 3.14. The van der Waals surface area contributed by atoms with Gasteiger partial charge >= 0.3 is 0 Å². The summed E-state index contributed by atoms with van der Waals surface area (Å²) in [5, 5.41) is 15.9. The highest BCUT2D eigenvalue weighted by molar-refractivity contribution is 5.85. The number of nitrogens with one attached hydrogen (secondary N) is 1. The van der Waals surface area contributed by atoms with Crippen molar-refractivity contribution in [1.29, 1.82) is 5.26 Å². The zero-order chi connectivity index (χ0) is 9.10. The number of halogens is 1. The van der Waals surface area contributed by atoms with E-state index in [1.54, 1.807) is 11.0 Å². The summed E-state index contributed by atoms with van der Waals surface area (Å²) in [6.45, 7) is 2.04.